The zero-order valence-corrected chi connectivity index (χ0v) is 21.3. The van der Waals surface area contributed by atoms with Gasteiger partial charge in [0.1, 0.15) is 0 Å². The Kier molecular flexibility index (Phi) is 14.7. The molecule has 0 aromatic heterocycles. The van der Waals surface area contributed by atoms with Crippen LogP contribution in [0.15, 0.2) is 17.1 Å². The van der Waals surface area contributed by atoms with Crippen LogP contribution >= 0.6 is 24.0 Å². The van der Waals surface area contributed by atoms with Gasteiger partial charge in [-0.2, -0.15) is 0 Å². The molecule has 0 radical (unpaired) electrons. The van der Waals surface area contributed by atoms with E-state index in [0.29, 0.717) is 29.8 Å². The quantitative estimate of drug-likeness (QED) is 0.190. The third-order valence-electron chi connectivity index (χ3n) is 4.60. The number of halogens is 1. The molecule has 0 bridgehead atoms. The molecule has 0 atom stereocenters. The lowest BCUT2D eigenvalue weighted by Crippen LogP contribution is -2.38. The molecule has 29 heavy (non-hydrogen) atoms. The van der Waals surface area contributed by atoms with Gasteiger partial charge in [0.2, 0.25) is 5.75 Å². The fourth-order valence-corrected chi connectivity index (χ4v) is 2.69. The van der Waals surface area contributed by atoms with Gasteiger partial charge in [-0.05, 0) is 64.9 Å². The van der Waals surface area contributed by atoms with E-state index in [4.69, 9.17) is 14.2 Å². The van der Waals surface area contributed by atoms with Gasteiger partial charge in [0, 0.05) is 19.1 Å². The van der Waals surface area contributed by atoms with Gasteiger partial charge in [0.25, 0.3) is 0 Å². The SMILES string of the molecule is CCNC(=NCc1cc(OC)c(OC)c(OC)c1)NCCCCN(C)C(C)C.I. The number of hydrogen-bond acceptors (Lipinski definition) is 5. The highest BCUT2D eigenvalue weighted by Crippen LogP contribution is 2.38. The van der Waals surface area contributed by atoms with E-state index in [-0.39, 0.29) is 24.0 Å². The number of nitrogens with zero attached hydrogens (tertiary/aromatic N) is 2. The van der Waals surface area contributed by atoms with E-state index >= 15 is 0 Å². The Balaban J connectivity index is 0.00000784. The van der Waals surface area contributed by atoms with Crippen LogP contribution in [0.3, 0.4) is 0 Å². The number of benzene rings is 1. The molecular weight excluding hydrogens is 483 g/mol. The van der Waals surface area contributed by atoms with Gasteiger partial charge in [-0.15, -0.1) is 24.0 Å². The Bertz CT molecular complexity index is 587. The van der Waals surface area contributed by atoms with E-state index in [9.17, 15) is 0 Å². The average Bonchev–Trinajstić information content (AvgIpc) is 2.70. The maximum atomic E-state index is 5.41. The predicted molar refractivity (Wildman–Crippen MR) is 131 cm³/mol. The molecule has 0 spiro atoms. The molecule has 168 valence electrons. The number of guanidine groups is 1. The molecule has 0 aliphatic rings. The van der Waals surface area contributed by atoms with Crippen LogP contribution in [0.4, 0.5) is 0 Å². The van der Waals surface area contributed by atoms with Crippen LogP contribution in [0.1, 0.15) is 39.2 Å². The summed E-state index contributed by atoms with van der Waals surface area (Å²) in [6.45, 7) is 9.84. The molecule has 1 aromatic carbocycles. The van der Waals surface area contributed by atoms with Gasteiger partial charge in [0.15, 0.2) is 17.5 Å². The zero-order chi connectivity index (χ0) is 20.9. The van der Waals surface area contributed by atoms with Crippen molar-refractivity contribution in [2.45, 2.75) is 46.2 Å². The molecule has 0 saturated carbocycles. The average molecular weight is 522 g/mol. The van der Waals surface area contributed by atoms with E-state index in [1.165, 1.54) is 0 Å². The molecule has 8 heteroatoms. The van der Waals surface area contributed by atoms with Crippen molar-refractivity contribution in [3.8, 4) is 17.2 Å². The van der Waals surface area contributed by atoms with Crippen LogP contribution in [-0.2, 0) is 6.54 Å². The summed E-state index contributed by atoms with van der Waals surface area (Å²) in [6, 6.07) is 4.44. The normalized spacial score (nSPS) is 11.3. The Hall–Kier alpha value is -1.42. The van der Waals surface area contributed by atoms with Crippen molar-refractivity contribution in [3.63, 3.8) is 0 Å². The molecule has 0 fully saturated rings. The van der Waals surface area contributed by atoms with E-state index in [0.717, 1.165) is 44.0 Å². The van der Waals surface area contributed by atoms with Gasteiger partial charge in [-0.1, -0.05) is 0 Å². The largest absolute Gasteiger partial charge is 0.493 e. The van der Waals surface area contributed by atoms with Crippen LogP contribution < -0.4 is 24.8 Å². The third kappa shape index (κ3) is 9.75. The molecular formula is C21H39IN4O3. The summed E-state index contributed by atoms with van der Waals surface area (Å²) in [7, 11) is 7.00. The summed E-state index contributed by atoms with van der Waals surface area (Å²) in [6.07, 6.45) is 2.26. The highest BCUT2D eigenvalue weighted by molar-refractivity contribution is 14.0. The highest BCUT2D eigenvalue weighted by atomic mass is 127. The van der Waals surface area contributed by atoms with E-state index in [1.807, 2.05) is 12.1 Å². The molecule has 0 aliphatic carbocycles. The van der Waals surface area contributed by atoms with E-state index in [2.05, 4.69) is 48.3 Å². The van der Waals surface area contributed by atoms with E-state index in [1.54, 1.807) is 21.3 Å². The van der Waals surface area contributed by atoms with Gasteiger partial charge in [-0.25, -0.2) is 4.99 Å². The Morgan fingerprint density at radius 2 is 1.66 bits per heavy atom. The second-order valence-corrected chi connectivity index (χ2v) is 6.94. The van der Waals surface area contributed by atoms with Gasteiger partial charge in [0.05, 0.1) is 27.9 Å². The summed E-state index contributed by atoms with van der Waals surface area (Å²) in [5, 5.41) is 6.70. The van der Waals surface area contributed by atoms with Crippen LogP contribution in [0.25, 0.3) is 0 Å². The molecule has 1 rings (SSSR count). The number of rotatable bonds is 12. The second-order valence-electron chi connectivity index (χ2n) is 6.94. The Morgan fingerprint density at radius 1 is 1.03 bits per heavy atom. The number of aliphatic imine (C=N–C) groups is 1. The molecule has 0 heterocycles. The van der Waals surface area contributed by atoms with Crippen LogP contribution in [0, 0.1) is 0 Å². The minimum absolute atomic E-state index is 0. The fourth-order valence-electron chi connectivity index (χ4n) is 2.69. The fraction of sp³-hybridized carbons (Fsp3) is 0.667. The standard InChI is InChI=1S/C21H38N4O3.HI/c1-8-22-21(23-11-9-10-12-25(4)16(2)3)24-15-17-13-18(26-5)20(28-7)19(14-17)27-6;/h13-14,16H,8-12,15H2,1-7H3,(H2,22,23,24);1H. The first-order valence-electron chi connectivity index (χ1n) is 9.98. The monoisotopic (exact) mass is 522 g/mol. The first kappa shape index (κ1) is 27.6. The summed E-state index contributed by atoms with van der Waals surface area (Å²) >= 11 is 0. The molecule has 7 nitrogen and oxygen atoms in total. The zero-order valence-electron chi connectivity index (χ0n) is 19.0. The minimum Gasteiger partial charge on any atom is -0.493 e. The smallest absolute Gasteiger partial charge is 0.203 e. The third-order valence-corrected chi connectivity index (χ3v) is 4.60. The van der Waals surface area contributed by atoms with Crippen molar-refractivity contribution in [2.24, 2.45) is 4.99 Å². The summed E-state index contributed by atoms with van der Waals surface area (Å²) in [4.78, 5) is 7.05. The van der Waals surface area contributed by atoms with Gasteiger partial charge < -0.3 is 29.7 Å². The van der Waals surface area contributed by atoms with Crippen molar-refractivity contribution in [1.82, 2.24) is 15.5 Å². The van der Waals surface area contributed by atoms with Crippen LogP contribution in [0.5, 0.6) is 17.2 Å². The lowest BCUT2D eigenvalue weighted by molar-refractivity contribution is 0.268. The van der Waals surface area contributed by atoms with Crippen LogP contribution in [-0.4, -0.2) is 64.9 Å². The maximum Gasteiger partial charge on any atom is 0.203 e. The van der Waals surface area contributed by atoms with Gasteiger partial charge >= 0.3 is 0 Å². The summed E-state index contributed by atoms with van der Waals surface area (Å²) in [5.41, 5.74) is 0.991. The predicted octanol–water partition coefficient (Wildman–Crippen LogP) is 3.51. The highest BCUT2D eigenvalue weighted by Gasteiger charge is 2.13. The van der Waals surface area contributed by atoms with Crippen molar-refractivity contribution in [3.05, 3.63) is 17.7 Å². The Labute approximate surface area is 193 Å². The molecule has 0 unspecified atom stereocenters. The van der Waals surface area contributed by atoms with Crippen LogP contribution in [0.2, 0.25) is 0 Å². The minimum atomic E-state index is 0. The number of methoxy groups -OCH3 is 3. The van der Waals surface area contributed by atoms with Crippen molar-refractivity contribution in [2.75, 3.05) is 48.0 Å². The second kappa shape index (κ2) is 15.4. The van der Waals surface area contributed by atoms with Gasteiger partial charge in [-0.3, -0.25) is 0 Å². The number of nitrogens with one attached hydrogen (secondary N) is 2. The summed E-state index contributed by atoms with van der Waals surface area (Å²) in [5.74, 6) is 2.68. The molecule has 0 aliphatic heterocycles. The van der Waals surface area contributed by atoms with Crippen molar-refractivity contribution >= 4 is 29.9 Å². The maximum absolute atomic E-state index is 5.41. The molecule has 0 saturated heterocycles. The first-order chi connectivity index (χ1) is 13.5. The molecule has 0 amide bonds. The molecule has 1 aromatic rings. The lowest BCUT2D eigenvalue weighted by Gasteiger charge is -2.20. The number of unbranched alkanes of at least 4 members (excludes halogenated alkanes) is 1. The van der Waals surface area contributed by atoms with Crippen molar-refractivity contribution in [1.29, 1.82) is 0 Å². The molecule has 2 N–H and O–H groups in total. The lowest BCUT2D eigenvalue weighted by atomic mass is 10.2. The topological polar surface area (TPSA) is 67.4 Å². The number of hydrogen-bond donors (Lipinski definition) is 2. The number of ether oxygens (including phenoxy) is 3. The first-order valence-corrected chi connectivity index (χ1v) is 9.98. The summed E-state index contributed by atoms with van der Waals surface area (Å²) < 4.78 is 16.2. The Morgan fingerprint density at radius 3 is 2.14 bits per heavy atom. The van der Waals surface area contributed by atoms with Crippen molar-refractivity contribution < 1.29 is 14.2 Å². The van der Waals surface area contributed by atoms with E-state index < -0.39 is 0 Å².